The van der Waals surface area contributed by atoms with Crippen LogP contribution in [0.1, 0.15) is 56.7 Å². The molecule has 3 rings (SSSR count). The molecule has 0 unspecified atom stereocenters. The quantitative estimate of drug-likeness (QED) is 0.199. The molecule has 0 aliphatic heterocycles. The number of amides is 1. The lowest BCUT2D eigenvalue weighted by molar-refractivity contribution is -0.112. The zero-order chi connectivity index (χ0) is 27.0. The summed E-state index contributed by atoms with van der Waals surface area (Å²) in [6.07, 6.45) is 1.48. The molecule has 1 amide bonds. The SMILES string of the molecule is COc1cc(/C=C(/C#N)C(=O)Nc2nnc(C(C)C)s2)ccc1OCCOc1ccc(C(C)(C)C)cc1. The Bertz CT molecular complexity index is 1280. The van der Waals surface area contributed by atoms with Crippen molar-refractivity contribution in [3.8, 4) is 23.3 Å². The van der Waals surface area contributed by atoms with Gasteiger partial charge < -0.3 is 14.2 Å². The summed E-state index contributed by atoms with van der Waals surface area (Å²) >= 11 is 1.28. The van der Waals surface area contributed by atoms with Crippen molar-refractivity contribution in [2.24, 2.45) is 0 Å². The number of aromatic nitrogens is 2. The lowest BCUT2D eigenvalue weighted by Crippen LogP contribution is -2.13. The van der Waals surface area contributed by atoms with Crippen molar-refractivity contribution in [1.82, 2.24) is 10.2 Å². The van der Waals surface area contributed by atoms with Crippen LogP contribution in [-0.4, -0.2) is 36.4 Å². The van der Waals surface area contributed by atoms with Crippen molar-refractivity contribution >= 4 is 28.5 Å². The third kappa shape index (κ3) is 7.79. The number of nitrogens with zero attached hydrogens (tertiary/aromatic N) is 3. The summed E-state index contributed by atoms with van der Waals surface area (Å²) in [6.45, 7) is 11.2. The van der Waals surface area contributed by atoms with Gasteiger partial charge in [-0.3, -0.25) is 10.1 Å². The Balaban J connectivity index is 1.59. The first-order chi connectivity index (χ1) is 17.6. The zero-order valence-electron chi connectivity index (χ0n) is 22.0. The molecule has 0 spiro atoms. The number of rotatable bonds is 10. The van der Waals surface area contributed by atoms with E-state index in [0.29, 0.717) is 35.4 Å². The number of hydrogen-bond acceptors (Lipinski definition) is 8. The van der Waals surface area contributed by atoms with Gasteiger partial charge in [-0.15, -0.1) is 10.2 Å². The largest absolute Gasteiger partial charge is 0.493 e. The average Bonchev–Trinajstić information content (AvgIpc) is 3.34. The number of methoxy groups -OCH3 is 1. The molecule has 0 saturated heterocycles. The van der Waals surface area contributed by atoms with Crippen LogP contribution in [0.25, 0.3) is 6.08 Å². The number of carbonyl (C=O) groups excluding carboxylic acids is 1. The molecule has 9 heteroatoms. The van der Waals surface area contributed by atoms with E-state index in [-0.39, 0.29) is 16.9 Å². The second kappa shape index (κ2) is 12.4. The summed E-state index contributed by atoms with van der Waals surface area (Å²) in [4.78, 5) is 12.6. The van der Waals surface area contributed by atoms with E-state index in [2.05, 4.69) is 48.4 Å². The molecular weight excluding hydrogens is 488 g/mol. The van der Waals surface area contributed by atoms with Crippen LogP contribution < -0.4 is 19.5 Å². The van der Waals surface area contributed by atoms with Crippen LogP contribution in [0.5, 0.6) is 17.2 Å². The van der Waals surface area contributed by atoms with Crippen molar-refractivity contribution in [2.45, 2.75) is 46.0 Å². The van der Waals surface area contributed by atoms with E-state index < -0.39 is 5.91 Å². The second-order valence-corrected chi connectivity index (χ2v) is 10.6. The van der Waals surface area contributed by atoms with Gasteiger partial charge in [0.1, 0.15) is 35.6 Å². The van der Waals surface area contributed by atoms with Crippen LogP contribution in [0, 0.1) is 11.3 Å². The maximum atomic E-state index is 12.6. The summed E-state index contributed by atoms with van der Waals surface area (Å²) in [5, 5.41) is 21.3. The fourth-order valence-corrected chi connectivity index (χ4v) is 3.99. The Morgan fingerprint density at radius 2 is 1.78 bits per heavy atom. The molecule has 2 aromatic carbocycles. The molecule has 37 heavy (non-hydrogen) atoms. The highest BCUT2D eigenvalue weighted by molar-refractivity contribution is 7.15. The van der Waals surface area contributed by atoms with E-state index in [1.165, 1.54) is 30.1 Å². The van der Waals surface area contributed by atoms with Gasteiger partial charge in [-0.2, -0.15) is 5.26 Å². The molecule has 1 aromatic heterocycles. The third-order valence-corrected chi connectivity index (χ3v) is 6.49. The smallest absolute Gasteiger partial charge is 0.268 e. The fourth-order valence-electron chi connectivity index (χ4n) is 3.25. The van der Waals surface area contributed by atoms with Gasteiger partial charge in [0, 0.05) is 5.92 Å². The Kier molecular flexibility index (Phi) is 9.25. The molecule has 1 heterocycles. The third-order valence-electron chi connectivity index (χ3n) is 5.35. The predicted molar refractivity (Wildman–Crippen MR) is 145 cm³/mol. The Morgan fingerprint density at radius 3 is 2.38 bits per heavy atom. The van der Waals surface area contributed by atoms with Crippen molar-refractivity contribution < 1.29 is 19.0 Å². The number of benzene rings is 2. The molecule has 0 radical (unpaired) electrons. The first-order valence-electron chi connectivity index (χ1n) is 11.9. The number of anilines is 1. The summed E-state index contributed by atoms with van der Waals surface area (Å²) in [7, 11) is 1.53. The van der Waals surface area contributed by atoms with E-state index in [1.54, 1.807) is 18.2 Å². The van der Waals surface area contributed by atoms with E-state index >= 15 is 0 Å². The molecule has 0 bridgehead atoms. The van der Waals surface area contributed by atoms with Crippen molar-refractivity contribution in [2.75, 3.05) is 25.6 Å². The fraction of sp³-hybridized carbons (Fsp3) is 0.357. The summed E-state index contributed by atoms with van der Waals surface area (Å²) < 4.78 is 17.1. The van der Waals surface area contributed by atoms with Gasteiger partial charge in [-0.1, -0.05) is 64.2 Å². The van der Waals surface area contributed by atoms with Crippen molar-refractivity contribution in [3.05, 3.63) is 64.2 Å². The average molecular weight is 521 g/mol. The van der Waals surface area contributed by atoms with E-state index in [1.807, 2.05) is 32.0 Å². The predicted octanol–water partition coefficient (Wildman–Crippen LogP) is 5.97. The van der Waals surface area contributed by atoms with Gasteiger partial charge in [-0.05, 0) is 46.9 Å². The first-order valence-corrected chi connectivity index (χ1v) is 12.7. The van der Waals surface area contributed by atoms with Crippen LogP contribution in [0.15, 0.2) is 48.0 Å². The number of ether oxygens (including phenoxy) is 3. The molecule has 3 aromatic rings. The number of nitriles is 1. The Morgan fingerprint density at radius 1 is 1.08 bits per heavy atom. The van der Waals surface area contributed by atoms with Crippen LogP contribution in [-0.2, 0) is 10.2 Å². The summed E-state index contributed by atoms with van der Waals surface area (Å²) in [6, 6.07) is 15.2. The number of hydrogen-bond donors (Lipinski definition) is 1. The number of carbonyl (C=O) groups is 1. The molecule has 0 aliphatic carbocycles. The Labute approximate surface area is 221 Å². The van der Waals surface area contributed by atoms with Gasteiger partial charge in [0.15, 0.2) is 11.5 Å². The monoisotopic (exact) mass is 520 g/mol. The minimum Gasteiger partial charge on any atom is -0.493 e. The minimum atomic E-state index is -0.555. The van der Waals surface area contributed by atoms with Crippen LogP contribution in [0.4, 0.5) is 5.13 Å². The number of nitrogens with one attached hydrogen (secondary N) is 1. The van der Waals surface area contributed by atoms with E-state index in [4.69, 9.17) is 14.2 Å². The normalized spacial score (nSPS) is 11.7. The molecular formula is C28H32N4O4S. The van der Waals surface area contributed by atoms with E-state index in [0.717, 1.165) is 10.8 Å². The topological polar surface area (TPSA) is 106 Å². The van der Waals surface area contributed by atoms with Gasteiger partial charge in [0.05, 0.1) is 7.11 Å². The molecule has 0 aliphatic rings. The first kappa shape index (κ1) is 27.7. The van der Waals surface area contributed by atoms with Crippen molar-refractivity contribution in [1.29, 1.82) is 5.26 Å². The molecule has 0 atom stereocenters. The highest BCUT2D eigenvalue weighted by Gasteiger charge is 2.15. The van der Waals surface area contributed by atoms with Gasteiger partial charge in [0.25, 0.3) is 5.91 Å². The lowest BCUT2D eigenvalue weighted by atomic mass is 9.87. The van der Waals surface area contributed by atoms with Crippen molar-refractivity contribution in [3.63, 3.8) is 0 Å². The maximum absolute atomic E-state index is 12.6. The van der Waals surface area contributed by atoms with Crippen LogP contribution in [0.2, 0.25) is 0 Å². The highest BCUT2D eigenvalue weighted by atomic mass is 32.1. The van der Waals surface area contributed by atoms with Crippen LogP contribution >= 0.6 is 11.3 Å². The molecule has 1 N–H and O–H groups in total. The molecule has 8 nitrogen and oxygen atoms in total. The van der Waals surface area contributed by atoms with Gasteiger partial charge >= 0.3 is 0 Å². The second-order valence-electron chi connectivity index (χ2n) is 9.61. The zero-order valence-corrected chi connectivity index (χ0v) is 22.8. The standard InChI is InChI=1S/C28H32N4O4S/c1-18(2)26-31-32-27(37-26)30-25(33)20(17-29)15-19-7-12-23(24(16-19)34-6)36-14-13-35-22-10-8-21(9-11-22)28(3,4)5/h7-12,15-16,18H,13-14H2,1-6H3,(H,30,32,33)/b20-15-. The summed E-state index contributed by atoms with van der Waals surface area (Å²) in [5.41, 5.74) is 1.88. The molecule has 0 saturated carbocycles. The highest BCUT2D eigenvalue weighted by Crippen LogP contribution is 2.29. The molecule has 0 fully saturated rings. The summed E-state index contributed by atoms with van der Waals surface area (Å²) in [5.74, 6) is 1.44. The lowest BCUT2D eigenvalue weighted by Gasteiger charge is -2.19. The molecule has 194 valence electrons. The van der Waals surface area contributed by atoms with Crippen LogP contribution in [0.3, 0.4) is 0 Å². The minimum absolute atomic E-state index is 0.0668. The van der Waals surface area contributed by atoms with Gasteiger partial charge in [0.2, 0.25) is 5.13 Å². The van der Waals surface area contributed by atoms with E-state index in [9.17, 15) is 10.1 Å². The maximum Gasteiger partial charge on any atom is 0.268 e. The Hall–Kier alpha value is -3.90. The van der Waals surface area contributed by atoms with Gasteiger partial charge in [-0.25, -0.2) is 0 Å².